The first-order chi connectivity index (χ1) is 8.47. The molecule has 0 heterocycles. The van der Waals surface area contributed by atoms with Crippen LogP contribution in [0.4, 0.5) is 52.7 Å². The lowest BCUT2D eigenvalue weighted by Gasteiger charge is -2.41. The largest absolute Gasteiger partial charge is 0.435 e. The van der Waals surface area contributed by atoms with Crippen molar-refractivity contribution in [2.24, 2.45) is 0 Å². The van der Waals surface area contributed by atoms with Gasteiger partial charge in [-0.15, -0.1) is 0 Å². The summed E-state index contributed by atoms with van der Waals surface area (Å²) in [7, 11) is 0. The molecule has 2 atom stereocenters. The van der Waals surface area contributed by atoms with Crippen molar-refractivity contribution in [1.29, 1.82) is 0 Å². The van der Waals surface area contributed by atoms with E-state index in [-0.39, 0.29) is 0 Å². The Hall–Kier alpha value is -0.880. The average molecular weight is 332 g/mol. The first-order valence-corrected chi connectivity index (χ1v) is 4.29. The fourth-order valence-corrected chi connectivity index (χ4v) is 1.26. The molecular formula is C7H4F12O. The molecule has 0 saturated heterocycles. The lowest BCUT2D eigenvalue weighted by Crippen LogP contribution is -2.72. The first kappa shape index (κ1) is 19.1. The third-order valence-electron chi connectivity index (χ3n) is 2.27. The molecule has 0 radical (unpaired) electrons. The number of rotatable bonds is 3. The summed E-state index contributed by atoms with van der Waals surface area (Å²) in [6.07, 6.45) is -26.8. The maximum absolute atomic E-state index is 13.3. The van der Waals surface area contributed by atoms with Gasteiger partial charge in [-0.05, 0) is 0 Å². The Morgan fingerprint density at radius 1 is 0.700 bits per heavy atom. The van der Waals surface area contributed by atoms with Crippen molar-refractivity contribution in [3.63, 3.8) is 0 Å². The van der Waals surface area contributed by atoms with Gasteiger partial charge in [-0.3, -0.25) is 0 Å². The second-order valence-corrected chi connectivity index (χ2v) is 3.58. The molecule has 1 nitrogen and oxygen atoms in total. The van der Waals surface area contributed by atoms with Gasteiger partial charge in [0.25, 0.3) is 0 Å². The summed E-state index contributed by atoms with van der Waals surface area (Å²) in [5.74, 6) is 0. The van der Waals surface area contributed by atoms with Gasteiger partial charge in [0.15, 0.2) is 0 Å². The third-order valence-corrected chi connectivity index (χ3v) is 2.27. The Morgan fingerprint density at radius 2 is 1.00 bits per heavy atom. The summed E-state index contributed by atoms with van der Waals surface area (Å²) in [4.78, 5) is 0. The fourth-order valence-electron chi connectivity index (χ4n) is 1.26. The van der Waals surface area contributed by atoms with E-state index in [4.69, 9.17) is 5.11 Å². The lowest BCUT2D eigenvalue weighted by atomic mass is 9.81. The maximum atomic E-state index is 13.3. The molecule has 20 heavy (non-hydrogen) atoms. The second kappa shape index (κ2) is 4.84. The molecule has 2 unspecified atom stereocenters. The van der Waals surface area contributed by atoms with E-state index < -0.39 is 42.6 Å². The molecule has 13 heteroatoms. The van der Waals surface area contributed by atoms with Crippen LogP contribution in [0.25, 0.3) is 0 Å². The number of aliphatic hydroxyl groups excluding tert-OH is 1. The predicted octanol–water partition coefficient (Wildman–Crippen LogP) is 3.42. The molecule has 0 aromatic rings. The third kappa shape index (κ3) is 2.63. The van der Waals surface area contributed by atoms with Crippen molar-refractivity contribution in [2.75, 3.05) is 6.61 Å². The monoisotopic (exact) mass is 332 g/mol. The summed E-state index contributed by atoms with van der Waals surface area (Å²) in [5.41, 5.74) is -13.6. The van der Waals surface area contributed by atoms with Crippen LogP contribution in [0.5, 0.6) is 0 Å². The molecular weight excluding hydrogens is 328 g/mol. The van der Waals surface area contributed by atoms with Gasteiger partial charge in [0.05, 0.1) is 6.61 Å². The van der Waals surface area contributed by atoms with E-state index in [0.717, 1.165) is 0 Å². The van der Waals surface area contributed by atoms with Crippen LogP contribution in [0.15, 0.2) is 0 Å². The van der Waals surface area contributed by atoms with Crippen LogP contribution in [0.3, 0.4) is 0 Å². The molecule has 0 aliphatic rings. The summed E-state index contributed by atoms with van der Waals surface area (Å²) < 4.78 is 147. The molecule has 0 amide bonds. The van der Waals surface area contributed by atoms with Gasteiger partial charge in [-0.2, -0.15) is 39.5 Å². The van der Waals surface area contributed by atoms with Gasteiger partial charge in [0.1, 0.15) is 0 Å². The molecule has 1 N–H and O–H groups in total. The minimum atomic E-state index is -7.29. The predicted molar refractivity (Wildman–Crippen MR) is 37.8 cm³/mol. The summed E-state index contributed by atoms with van der Waals surface area (Å²) in [5, 5.41) is 8.03. The number of alkyl halides is 12. The van der Waals surface area contributed by atoms with E-state index in [2.05, 4.69) is 0 Å². The Bertz CT molecular complexity index is 325. The van der Waals surface area contributed by atoms with Crippen molar-refractivity contribution in [1.82, 2.24) is 0 Å². The minimum absolute atomic E-state index is 3.34. The zero-order chi connectivity index (χ0) is 16.8. The van der Waals surface area contributed by atoms with Crippen molar-refractivity contribution < 1.29 is 57.8 Å². The maximum Gasteiger partial charge on any atom is 0.435 e. The minimum Gasteiger partial charge on any atom is -0.393 e. The van der Waals surface area contributed by atoms with Crippen LogP contribution in [0, 0.1) is 0 Å². The van der Waals surface area contributed by atoms with Crippen molar-refractivity contribution >= 4 is 0 Å². The van der Waals surface area contributed by atoms with Crippen molar-refractivity contribution in [2.45, 2.75) is 36.0 Å². The van der Waals surface area contributed by atoms with Gasteiger partial charge in [-0.25, -0.2) is 13.2 Å². The van der Waals surface area contributed by atoms with Gasteiger partial charge in [0, 0.05) is 0 Å². The second-order valence-electron chi connectivity index (χ2n) is 3.58. The van der Waals surface area contributed by atoms with Gasteiger partial charge < -0.3 is 5.11 Å². The smallest absolute Gasteiger partial charge is 0.393 e. The van der Waals surface area contributed by atoms with Crippen LogP contribution in [0.1, 0.15) is 0 Å². The number of hydrogen-bond acceptors (Lipinski definition) is 1. The molecule has 0 aliphatic heterocycles. The van der Waals surface area contributed by atoms with Gasteiger partial charge in [-0.1, -0.05) is 0 Å². The number of aliphatic hydroxyl groups is 1. The quantitative estimate of drug-likeness (QED) is 0.786. The van der Waals surface area contributed by atoms with Crippen LogP contribution in [-0.4, -0.2) is 47.8 Å². The molecule has 0 aliphatic carbocycles. The van der Waals surface area contributed by atoms with Crippen LogP contribution in [0.2, 0.25) is 0 Å². The molecule has 0 rings (SSSR count). The fraction of sp³-hybridized carbons (Fsp3) is 1.00. The topological polar surface area (TPSA) is 20.2 Å². The highest BCUT2D eigenvalue weighted by Crippen LogP contribution is 2.57. The first-order valence-electron chi connectivity index (χ1n) is 4.29. The summed E-state index contributed by atoms with van der Waals surface area (Å²) in [6, 6.07) is 0. The highest BCUT2D eigenvalue weighted by Gasteiger charge is 2.86. The van der Waals surface area contributed by atoms with E-state index in [0.29, 0.717) is 0 Å². The van der Waals surface area contributed by atoms with Crippen LogP contribution < -0.4 is 0 Å². The number of halogens is 12. The standard InChI is InChI=1S/C7H4F12O/c8-2(4(10,11)12)3(9,1-20)5(13,6(14,15)16)7(17,18)19/h2,20H,1H2. The van der Waals surface area contributed by atoms with Gasteiger partial charge >= 0.3 is 24.2 Å². The SMILES string of the molecule is OCC(F)(C(F)C(F)(F)F)C(F)(C(F)(F)F)C(F)(F)F. The Balaban J connectivity index is 6.28. The van der Waals surface area contributed by atoms with Crippen molar-refractivity contribution in [3.8, 4) is 0 Å². The molecule has 0 bridgehead atoms. The molecule has 0 aromatic carbocycles. The van der Waals surface area contributed by atoms with Crippen LogP contribution in [-0.2, 0) is 0 Å². The molecule has 0 aromatic heterocycles. The van der Waals surface area contributed by atoms with E-state index >= 15 is 0 Å². The molecule has 0 spiro atoms. The van der Waals surface area contributed by atoms with E-state index in [1.807, 2.05) is 0 Å². The molecule has 122 valence electrons. The van der Waals surface area contributed by atoms with E-state index in [1.54, 1.807) is 0 Å². The Labute approximate surface area is 102 Å². The zero-order valence-electron chi connectivity index (χ0n) is 8.77. The van der Waals surface area contributed by atoms with E-state index in [1.165, 1.54) is 0 Å². The molecule has 0 fully saturated rings. The molecule has 0 saturated carbocycles. The number of hydrogen-bond donors (Lipinski definition) is 1. The lowest BCUT2D eigenvalue weighted by molar-refractivity contribution is -0.397. The summed E-state index contributed by atoms with van der Waals surface area (Å²) in [6.45, 7) is -3.34. The normalized spacial score (nSPS) is 19.6. The average Bonchev–Trinajstić information content (AvgIpc) is 2.21. The highest BCUT2D eigenvalue weighted by atomic mass is 19.4. The summed E-state index contributed by atoms with van der Waals surface area (Å²) >= 11 is 0. The highest BCUT2D eigenvalue weighted by molar-refractivity contribution is 5.14. The van der Waals surface area contributed by atoms with Crippen LogP contribution >= 0.6 is 0 Å². The Morgan fingerprint density at radius 3 is 1.15 bits per heavy atom. The van der Waals surface area contributed by atoms with Crippen molar-refractivity contribution in [3.05, 3.63) is 0 Å². The van der Waals surface area contributed by atoms with Gasteiger partial charge in [0.2, 0.25) is 11.8 Å². The van der Waals surface area contributed by atoms with E-state index in [9.17, 15) is 52.7 Å². The Kier molecular flexibility index (Phi) is 4.63. The zero-order valence-corrected chi connectivity index (χ0v) is 8.77.